The van der Waals surface area contributed by atoms with Crippen LogP contribution in [0.4, 0.5) is 0 Å². The summed E-state index contributed by atoms with van der Waals surface area (Å²) in [5.74, 6) is 1.98. The largest absolute Gasteiger partial charge is 2.00 e. The van der Waals surface area contributed by atoms with Crippen LogP contribution in [0.1, 0.15) is 209 Å². The third-order valence-corrected chi connectivity index (χ3v) is 12.8. The molecule has 4 aliphatic rings. The summed E-state index contributed by atoms with van der Waals surface area (Å²) >= 11 is 0. The van der Waals surface area contributed by atoms with Crippen molar-refractivity contribution in [2.45, 2.75) is 222 Å². The third kappa shape index (κ3) is 44.4. The Morgan fingerprint density at radius 1 is 0.576 bits per heavy atom. The molecule has 1 atom stereocenters. The summed E-state index contributed by atoms with van der Waals surface area (Å²) in [7, 11) is -1.08. The Hall–Kier alpha value is 1.41. The van der Waals surface area contributed by atoms with Crippen molar-refractivity contribution in [2.24, 2.45) is 11.8 Å². The first-order valence-electron chi connectivity index (χ1n) is 24.1. The summed E-state index contributed by atoms with van der Waals surface area (Å²) in [6.07, 6.45) is 33.0. The van der Waals surface area contributed by atoms with Crippen LogP contribution in [0, 0.1) is 37.0 Å². The molecule has 0 aromatic carbocycles. The van der Waals surface area contributed by atoms with Crippen LogP contribution >= 0.6 is 8.53 Å². The molecule has 0 spiro atoms. The Morgan fingerprint density at radius 2 is 0.932 bits per heavy atom. The second kappa shape index (κ2) is 55.5. The maximum atomic E-state index is 8.52. The molecule has 0 radical (unpaired) electrons. The predicted octanol–water partition coefficient (Wildman–Crippen LogP) is 14.5. The fourth-order valence-corrected chi connectivity index (χ4v) is 9.33. The van der Waals surface area contributed by atoms with Crippen LogP contribution in [0.2, 0.25) is 0 Å². The molecule has 11 heteroatoms. The average molecular weight is 1110 g/mol. The van der Waals surface area contributed by atoms with Crippen LogP contribution in [0.15, 0.2) is 0 Å². The van der Waals surface area contributed by atoms with E-state index < -0.39 is 8.53 Å². The number of rotatable bonds is 24. The Balaban J connectivity index is -0.000000246. The number of nitriles is 1. The molecule has 4 aliphatic carbocycles. The van der Waals surface area contributed by atoms with Gasteiger partial charge in [-0.3, -0.25) is 0 Å². The molecular formula is C48H98Fe2N3O4PW. The van der Waals surface area contributed by atoms with E-state index in [1.54, 1.807) is 0 Å². The van der Waals surface area contributed by atoms with Crippen LogP contribution in [0.3, 0.4) is 0 Å². The van der Waals surface area contributed by atoms with E-state index in [0.717, 1.165) is 64.3 Å². The van der Waals surface area contributed by atoms with Gasteiger partial charge in [0, 0.05) is 79.1 Å². The minimum absolute atomic E-state index is 0. The first-order valence-corrected chi connectivity index (χ1v) is 25.2. The van der Waals surface area contributed by atoms with E-state index in [1.165, 1.54) is 141 Å². The summed E-state index contributed by atoms with van der Waals surface area (Å²) in [5.41, 5.74) is 0. The van der Waals surface area contributed by atoms with E-state index in [9.17, 15) is 0 Å². The Kier molecular flexibility index (Phi) is 65.4. The molecule has 0 N–H and O–H groups in total. The van der Waals surface area contributed by atoms with E-state index in [4.69, 9.17) is 23.8 Å². The molecule has 1 unspecified atom stereocenters. The summed E-state index contributed by atoms with van der Waals surface area (Å²) in [5, 5.41) is 8.52. The van der Waals surface area contributed by atoms with Crippen molar-refractivity contribution in [3.8, 4) is 6.07 Å². The molecule has 4 saturated carbocycles. The van der Waals surface area contributed by atoms with Crippen molar-refractivity contribution in [3.05, 3.63) is 13.8 Å². The minimum atomic E-state index is -1.08. The van der Waals surface area contributed by atoms with Gasteiger partial charge in [0.2, 0.25) is 0 Å². The van der Waals surface area contributed by atoms with E-state index in [1.807, 2.05) is 27.7 Å². The molecule has 0 aromatic rings. The summed E-state index contributed by atoms with van der Waals surface area (Å²) < 4.78 is 25.3. The molecule has 0 bridgehead atoms. The van der Waals surface area contributed by atoms with E-state index in [2.05, 4.69) is 57.2 Å². The van der Waals surface area contributed by atoms with Gasteiger partial charge in [-0.25, -0.2) is 4.67 Å². The molecule has 0 saturated heterocycles. The fraction of sp³-hybridized carbons (Fsp3) is 0.938. The van der Waals surface area contributed by atoms with Gasteiger partial charge in [-0.15, -0.1) is 6.54 Å². The predicted molar refractivity (Wildman–Crippen MR) is 246 cm³/mol. The van der Waals surface area contributed by atoms with Gasteiger partial charge in [-0.2, -0.15) is 11.7 Å². The Morgan fingerprint density at radius 3 is 1.24 bits per heavy atom. The van der Waals surface area contributed by atoms with E-state index in [0.29, 0.717) is 31.7 Å². The monoisotopic (exact) mass is 1110 g/mol. The number of ether oxygens (including phenoxy) is 2. The van der Waals surface area contributed by atoms with Gasteiger partial charge in [0.05, 0.1) is 32.3 Å². The quantitative estimate of drug-likeness (QED) is 0.0413. The molecule has 4 rings (SSSR count). The first kappa shape index (κ1) is 69.4. The minimum Gasteiger partial charge on any atom is -0.380 e. The van der Waals surface area contributed by atoms with Crippen LogP contribution < -0.4 is 0 Å². The van der Waals surface area contributed by atoms with Gasteiger partial charge < -0.3 is 37.3 Å². The zero-order valence-electron chi connectivity index (χ0n) is 40.1. The normalized spacial score (nSPS) is 16.4. The smallest absolute Gasteiger partial charge is 0.380 e. The van der Waals surface area contributed by atoms with Crippen molar-refractivity contribution < 1.29 is 73.7 Å². The molecule has 0 aliphatic heterocycles. The van der Waals surface area contributed by atoms with Gasteiger partial charge in [-0.1, -0.05) is 143 Å². The van der Waals surface area contributed by atoms with Crippen LogP contribution in [0.5, 0.6) is 0 Å². The molecule has 356 valence electrons. The Bertz CT molecular complexity index is 738. The van der Waals surface area contributed by atoms with Gasteiger partial charge in [0.25, 0.3) is 8.53 Å². The third-order valence-electron chi connectivity index (χ3n) is 10.7. The average Bonchev–Trinajstić information content (AvgIpc) is 4.07. The summed E-state index contributed by atoms with van der Waals surface area (Å²) in [6.45, 7) is 31.6. The zero-order chi connectivity index (χ0) is 41.9. The van der Waals surface area contributed by atoms with Gasteiger partial charge >= 0.3 is 21.1 Å². The van der Waals surface area contributed by atoms with Crippen LogP contribution in [-0.2, 0) is 73.7 Å². The molecule has 0 amide bonds. The van der Waals surface area contributed by atoms with Gasteiger partial charge in [0.15, 0.2) is 0 Å². The van der Waals surface area contributed by atoms with E-state index in [-0.39, 0.29) is 55.2 Å². The molecule has 0 aromatic heterocycles. The molecule has 0 heterocycles. The van der Waals surface area contributed by atoms with Crippen molar-refractivity contribution in [1.82, 2.24) is 9.57 Å². The van der Waals surface area contributed by atoms with Crippen molar-refractivity contribution in [3.63, 3.8) is 0 Å². The summed E-state index contributed by atoms with van der Waals surface area (Å²) in [6, 6.07) is 2.78. The standard InChI is InChI=1S/C22H42NO2.C12H24N2O2P.2C5H10.2C2H6.2Fe.W/c1-2-23(15-19-24-17-7-13-21-9-3-4-10-21)16-20-25-18-8-14-22-11-5-6-12-22;1-6-9-15-17(16-10-7-8-13)14(11(2)3)12(4)5;2*1-2-4-5-3-1;2*1-2;;;/h21-22H,1-20H2;11-12H,1,6-7,9-10H2,2-5H3;2*1-5H2;2*1-2H3;;;/q2*-1;;;;;;;+2. The molecule has 4 fully saturated rings. The number of nitrogens with zero attached hydrogens (tertiary/aromatic N) is 3. The molecular weight excluding hydrogens is 1010 g/mol. The second-order valence-electron chi connectivity index (χ2n) is 15.9. The van der Waals surface area contributed by atoms with E-state index >= 15 is 0 Å². The van der Waals surface area contributed by atoms with Crippen molar-refractivity contribution in [2.75, 3.05) is 59.3 Å². The number of hydrogen-bond acceptors (Lipinski definition) is 7. The van der Waals surface area contributed by atoms with Gasteiger partial charge in [0.1, 0.15) is 0 Å². The maximum Gasteiger partial charge on any atom is 2.00 e. The first-order chi connectivity index (χ1) is 27.4. The van der Waals surface area contributed by atoms with Crippen molar-refractivity contribution >= 4 is 8.53 Å². The summed E-state index contributed by atoms with van der Waals surface area (Å²) in [4.78, 5) is 2.34. The Labute approximate surface area is 407 Å². The second-order valence-corrected chi connectivity index (χ2v) is 17.4. The molecule has 59 heavy (non-hydrogen) atoms. The topological polar surface area (TPSA) is 67.2 Å². The maximum absolute atomic E-state index is 8.52. The SMILES string of the molecule is C1CCCC1.C1CCCC1.CC.CC.[CH2-]CCOP(OCCC#N)N(C(C)C)C(C)C.[CH2-]CN(CCOCCCC1CCCC1)CCOCCCC1CCCC1.[Fe].[Fe].[W+2]. The van der Waals surface area contributed by atoms with Crippen LogP contribution in [0.25, 0.3) is 0 Å². The zero-order valence-corrected chi connectivity index (χ0v) is 46.1. The van der Waals surface area contributed by atoms with Crippen LogP contribution in [-0.4, -0.2) is 80.9 Å². The fourth-order valence-electron chi connectivity index (χ4n) is 7.70. The molecule has 7 nitrogen and oxygen atoms in total. The van der Waals surface area contributed by atoms with Crippen molar-refractivity contribution in [1.29, 1.82) is 5.26 Å². The number of hydrogen-bond donors (Lipinski definition) is 0. The van der Waals surface area contributed by atoms with Gasteiger partial charge in [-0.05, 0) is 65.2 Å².